The number of thioether (sulfide) groups is 1. The minimum absolute atomic E-state index is 0.0190. The van der Waals surface area contributed by atoms with Crippen molar-refractivity contribution in [3.05, 3.63) is 63.6 Å². The maximum Gasteiger partial charge on any atom is 0.220 e. The van der Waals surface area contributed by atoms with Gasteiger partial charge in [-0.2, -0.15) is 0 Å². The van der Waals surface area contributed by atoms with Gasteiger partial charge >= 0.3 is 0 Å². The van der Waals surface area contributed by atoms with Crippen LogP contribution in [0.2, 0.25) is 10.0 Å². The molecule has 0 radical (unpaired) electrons. The molecule has 0 bridgehead atoms. The second-order valence-electron chi connectivity index (χ2n) is 5.21. The molecule has 0 aliphatic heterocycles. The number of hydrogen-bond acceptors (Lipinski definition) is 2. The van der Waals surface area contributed by atoms with E-state index < -0.39 is 0 Å². The number of halogens is 2. The molecule has 0 saturated heterocycles. The fourth-order valence-electron chi connectivity index (χ4n) is 2.09. The van der Waals surface area contributed by atoms with Crippen LogP contribution < -0.4 is 5.32 Å². The summed E-state index contributed by atoms with van der Waals surface area (Å²) in [7, 11) is 0. The van der Waals surface area contributed by atoms with E-state index in [9.17, 15) is 4.79 Å². The Kier molecular flexibility index (Phi) is 7.28. The average Bonchev–Trinajstić information content (AvgIpc) is 2.53. The summed E-state index contributed by atoms with van der Waals surface area (Å²) < 4.78 is 0. The summed E-state index contributed by atoms with van der Waals surface area (Å²) in [6.07, 6.45) is 0.939. The van der Waals surface area contributed by atoms with Gasteiger partial charge in [0.15, 0.2) is 0 Å². The monoisotopic (exact) mass is 367 g/mol. The van der Waals surface area contributed by atoms with Gasteiger partial charge in [-0.3, -0.25) is 4.79 Å². The van der Waals surface area contributed by atoms with E-state index in [-0.39, 0.29) is 5.91 Å². The van der Waals surface area contributed by atoms with Gasteiger partial charge in [-0.1, -0.05) is 47.0 Å². The second-order valence-corrected chi connectivity index (χ2v) is 7.19. The molecule has 0 aliphatic carbocycles. The van der Waals surface area contributed by atoms with Crippen molar-refractivity contribution in [2.75, 3.05) is 12.3 Å². The lowest BCUT2D eigenvalue weighted by Gasteiger charge is -2.08. The van der Waals surface area contributed by atoms with Crippen LogP contribution >= 0.6 is 35.0 Å². The Morgan fingerprint density at radius 1 is 1.09 bits per heavy atom. The van der Waals surface area contributed by atoms with Crippen LogP contribution in [0.25, 0.3) is 0 Å². The van der Waals surface area contributed by atoms with Gasteiger partial charge in [0.1, 0.15) is 0 Å². The number of carbonyl (C=O) groups excluding carboxylic acids is 1. The zero-order valence-electron chi connectivity index (χ0n) is 12.9. The van der Waals surface area contributed by atoms with Crippen molar-refractivity contribution in [3.63, 3.8) is 0 Å². The van der Waals surface area contributed by atoms with E-state index in [0.29, 0.717) is 29.4 Å². The van der Waals surface area contributed by atoms with E-state index in [2.05, 4.69) is 36.5 Å². The summed E-state index contributed by atoms with van der Waals surface area (Å²) in [6, 6.07) is 13.8. The van der Waals surface area contributed by atoms with E-state index in [0.717, 1.165) is 11.3 Å². The molecule has 1 N–H and O–H groups in total. The molecule has 0 aromatic heterocycles. The summed E-state index contributed by atoms with van der Waals surface area (Å²) in [5.41, 5.74) is 2.08. The highest BCUT2D eigenvalue weighted by atomic mass is 35.5. The number of hydrogen-bond donors (Lipinski definition) is 1. The maximum atomic E-state index is 11.9. The van der Waals surface area contributed by atoms with Gasteiger partial charge in [-0.15, -0.1) is 11.8 Å². The molecule has 0 heterocycles. The number of nitrogens with one attached hydrogen (secondary N) is 1. The molecule has 0 saturated carbocycles. The fraction of sp³-hybridized carbons (Fsp3) is 0.278. The normalized spacial score (nSPS) is 10.6. The molecular weight excluding hydrogens is 349 g/mol. The van der Waals surface area contributed by atoms with Crippen LogP contribution in [0.4, 0.5) is 0 Å². The second kappa shape index (κ2) is 9.21. The van der Waals surface area contributed by atoms with Gasteiger partial charge in [-0.05, 0) is 43.2 Å². The van der Waals surface area contributed by atoms with Gasteiger partial charge in [0.2, 0.25) is 5.91 Å². The predicted octanol–water partition coefficient (Wildman–Crippen LogP) is 5.14. The van der Waals surface area contributed by atoms with Crippen LogP contribution in [0, 0.1) is 6.92 Å². The Hall–Kier alpha value is -1.16. The highest BCUT2D eigenvalue weighted by molar-refractivity contribution is 7.99. The highest BCUT2D eigenvalue weighted by Crippen LogP contribution is 2.25. The van der Waals surface area contributed by atoms with Crippen LogP contribution in [-0.2, 0) is 11.2 Å². The van der Waals surface area contributed by atoms with E-state index in [1.165, 1.54) is 10.5 Å². The summed E-state index contributed by atoms with van der Waals surface area (Å²) in [5, 5.41) is 4.15. The molecule has 2 aromatic carbocycles. The smallest absolute Gasteiger partial charge is 0.220 e. The van der Waals surface area contributed by atoms with Gasteiger partial charge in [-0.25, -0.2) is 0 Å². The zero-order valence-corrected chi connectivity index (χ0v) is 15.3. The van der Waals surface area contributed by atoms with Crippen molar-refractivity contribution >= 4 is 40.9 Å². The predicted molar refractivity (Wildman–Crippen MR) is 99.7 cm³/mol. The molecular formula is C18H19Cl2NOS. The maximum absolute atomic E-state index is 11.9. The number of amides is 1. The standard InChI is InChI=1S/C18H19Cl2NOS/c1-13-5-7-14(8-6-13)23-12-11-21-18(22)10-9-15-16(19)3-2-4-17(15)20/h2-8H,9-12H2,1H3,(H,21,22). The van der Waals surface area contributed by atoms with Crippen molar-refractivity contribution in [1.82, 2.24) is 5.32 Å². The Morgan fingerprint density at radius 2 is 1.74 bits per heavy atom. The van der Waals surface area contributed by atoms with E-state index in [4.69, 9.17) is 23.2 Å². The Labute approximate surface area is 151 Å². The molecule has 1 amide bonds. The molecule has 0 atom stereocenters. The molecule has 5 heteroatoms. The number of rotatable bonds is 7. The Balaban J connectivity index is 1.68. The average molecular weight is 368 g/mol. The Morgan fingerprint density at radius 3 is 2.39 bits per heavy atom. The SMILES string of the molecule is Cc1ccc(SCCNC(=O)CCc2c(Cl)cccc2Cl)cc1. The molecule has 0 unspecified atom stereocenters. The van der Waals surface area contributed by atoms with Crippen LogP contribution in [0.5, 0.6) is 0 Å². The molecule has 0 spiro atoms. The van der Waals surface area contributed by atoms with Gasteiger partial charge in [0.25, 0.3) is 0 Å². The first kappa shape index (κ1) is 18.2. The topological polar surface area (TPSA) is 29.1 Å². The first-order valence-corrected chi connectivity index (χ1v) is 9.19. The lowest BCUT2D eigenvalue weighted by molar-refractivity contribution is -0.120. The molecule has 122 valence electrons. The van der Waals surface area contributed by atoms with Crippen molar-refractivity contribution in [2.45, 2.75) is 24.7 Å². The van der Waals surface area contributed by atoms with Crippen LogP contribution in [0.1, 0.15) is 17.5 Å². The van der Waals surface area contributed by atoms with Gasteiger partial charge < -0.3 is 5.32 Å². The fourth-order valence-corrected chi connectivity index (χ4v) is 3.45. The van der Waals surface area contributed by atoms with E-state index >= 15 is 0 Å². The van der Waals surface area contributed by atoms with E-state index in [1.807, 2.05) is 0 Å². The summed E-state index contributed by atoms with van der Waals surface area (Å²) in [6.45, 7) is 2.72. The summed E-state index contributed by atoms with van der Waals surface area (Å²) >= 11 is 13.9. The van der Waals surface area contributed by atoms with Crippen molar-refractivity contribution in [2.24, 2.45) is 0 Å². The summed E-state index contributed by atoms with van der Waals surface area (Å²) in [5.74, 6) is 0.868. The van der Waals surface area contributed by atoms with Gasteiger partial charge in [0, 0.05) is 33.7 Å². The van der Waals surface area contributed by atoms with E-state index in [1.54, 1.807) is 30.0 Å². The zero-order chi connectivity index (χ0) is 16.7. The van der Waals surface area contributed by atoms with Gasteiger partial charge in [0.05, 0.1) is 0 Å². The van der Waals surface area contributed by atoms with Crippen molar-refractivity contribution in [3.8, 4) is 0 Å². The molecule has 0 fully saturated rings. The number of aryl methyl sites for hydroxylation is 1. The third-order valence-corrected chi connectivity index (χ3v) is 5.10. The molecule has 23 heavy (non-hydrogen) atoms. The number of benzene rings is 2. The first-order chi connectivity index (χ1) is 11.1. The molecule has 2 rings (SSSR count). The van der Waals surface area contributed by atoms with Crippen LogP contribution in [-0.4, -0.2) is 18.2 Å². The summed E-state index contributed by atoms with van der Waals surface area (Å²) in [4.78, 5) is 13.1. The molecule has 0 aliphatic rings. The minimum atomic E-state index is 0.0190. The quantitative estimate of drug-likeness (QED) is 0.541. The lowest BCUT2D eigenvalue weighted by Crippen LogP contribution is -2.25. The Bertz CT molecular complexity index is 638. The first-order valence-electron chi connectivity index (χ1n) is 7.45. The third-order valence-electron chi connectivity index (χ3n) is 3.38. The van der Waals surface area contributed by atoms with Crippen molar-refractivity contribution < 1.29 is 4.79 Å². The van der Waals surface area contributed by atoms with Crippen molar-refractivity contribution in [1.29, 1.82) is 0 Å². The third kappa shape index (κ3) is 6.09. The van der Waals surface area contributed by atoms with Crippen LogP contribution in [0.3, 0.4) is 0 Å². The molecule has 2 nitrogen and oxygen atoms in total. The number of carbonyl (C=O) groups is 1. The highest BCUT2D eigenvalue weighted by Gasteiger charge is 2.08. The van der Waals surface area contributed by atoms with Crippen LogP contribution in [0.15, 0.2) is 47.4 Å². The minimum Gasteiger partial charge on any atom is -0.355 e. The molecule has 2 aromatic rings. The lowest BCUT2D eigenvalue weighted by atomic mass is 10.1. The largest absolute Gasteiger partial charge is 0.355 e.